The van der Waals surface area contributed by atoms with Crippen LogP contribution < -0.4 is 10.1 Å². The van der Waals surface area contributed by atoms with Gasteiger partial charge >= 0.3 is 0 Å². The van der Waals surface area contributed by atoms with Crippen LogP contribution in [0.4, 0.5) is 11.6 Å². The number of nitrogens with zero attached hydrogens (tertiary/aromatic N) is 4. The van der Waals surface area contributed by atoms with Crippen molar-refractivity contribution < 1.29 is 9.47 Å². The summed E-state index contributed by atoms with van der Waals surface area (Å²) < 4.78 is 10.6. The van der Waals surface area contributed by atoms with Gasteiger partial charge in [0.2, 0.25) is 5.95 Å². The Bertz CT molecular complexity index is 1040. The second kappa shape index (κ2) is 9.35. The maximum atomic E-state index is 9.31. The molecular formula is C23H23N5O2. The van der Waals surface area contributed by atoms with Crippen LogP contribution in [-0.2, 0) is 11.3 Å². The fourth-order valence-corrected chi connectivity index (χ4v) is 3.37. The molecule has 0 aliphatic carbocycles. The molecule has 7 heteroatoms. The van der Waals surface area contributed by atoms with E-state index in [2.05, 4.69) is 38.4 Å². The summed E-state index contributed by atoms with van der Waals surface area (Å²) in [6.45, 7) is 4.47. The number of nitriles is 1. The number of hydrogen-bond acceptors (Lipinski definition) is 7. The zero-order valence-corrected chi connectivity index (χ0v) is 16.8. The van der Waals surface area contributed by atoms with E-state index in [9.17, 15) is 5.26 Å². The molecule has 0 saturated carbocycles. The van der Waals surface area contributed by atoms with Gasteiger partial charge < -0.3 is 14.8 Å². The Morgan fingerprint density at radius 1 is 1.13 bits per heavy atom. The predicted molar refractivity (Wildman–Crippen MR) is 115 cm³/mol. The van der Waals surface area contributed by atoms with E-state index in [1.807, 2.05) is 24.3 Å². The van der Waals surface area contributed by atoms with Crippen LogP contribution in [0.2, 0.25) is 0 Å². The molecule has 1 aromatic heterocycles. The van der Waals surface area contributed by atoms with Gasteiger partial charge in [-0.2, -0.15) is 5.26 Å². The van der Waals surface area contributed by atoms with Crippen molar-refractivity contribution in [3.8, 4) is 23.1 Å². The van der Waals surface area contributed by atoms with Gasteiger partial charge in [-0.1, -0.05) is 12.1 Å². The number of methoxy groups -OCH3 is 1. The summed E-state index contributed by atoms with van der Waals surface area (Å²) in [6.07, 6.45) is 1.70. The van der Waals surface area contributed by atoms with Gasteiger partial charge in [0.25, 0.3) is 0 Å². The van der Waals surface area contributed by atoms with Crippen molar-refractivity contribution in [1.29, 1.82) is 5.26 Å². The highest BCUT2D eigenvalue weighted by Crippen LogP contribution is 2.26. The Morgan fingerprint density at radius 3 is 2.67 bits per heavy atom. The van der Waals surface area contributed by atoms with Crippen LogP contribution in [0.3, 0.4) is 0 Å². The molecule has 0 unspecified atom stereocenters. The fraction of sp³-hybridized carbons (Fsp3) is 0.261. The Balaban J connectivity index is 1.46. The zero-order chi connectivity index (χ0) is 20.8. The third-order valence-corrected chi connectivity index (χ3v) is 4.99. The minimum Gasteiger partial charge on any atom is -0.495 e. The first-order valence-corrected chi connectivity index (χ1v) is 9.83. The maximum Gasteiger partial charge on any atom is 0.227 e. The summed E-state index contributed by atoms with van der Waals surface area (Å²) in [5.74, 6) is 1.05. The van der Waals surface area contributed by atoms with Crippen molar-refractivity contribution in [2.75, 3.05) is 38.7 Å². The molecule has 3 aromatic rings. The van der Waals surface area contributed by atoms with E-state index < -0.39 is 0 Å². The normalized spacial score (nSPS) is 14.1. The molecule has 1 aliphatic rings. The first-order valence-electron chi connectivity index (χ1n) is 9.83. The first kappa shape index (κ1) is 19.8. The summed E-state index contributed by atoms with van der Waals surface area (Å²) in [5, 5.41) is 12.6. The summed E-state index contributed by atoms with van der Waals surface area (Å²) in [4.78, 5) is 11.3. The number of aromatic nitrogens is 2. The molecule has 2 aromatic carbocycles. The third-order valence-electron chi connectivity index (χ3n) is 4.99. The lowest BCUT2D eigenvalue weighted by molar-refractivity contribution is 0.0342. The second-order valence-corrected chi connectivity index (χ2v) is 7.00. The van der Waals surface area contributed by atoms with Crippen LogP contribution >= 0.6 is 0 Å². The number of anilines is 2. The van der Waals surface area contributed by atoms with Gasteiger partial charge in [-0.3, -0.25) is 4.90 Å². The number of ether oxygens (including phenoxy) is 2. The van der Waals surface area contributed by atoms with Crippen molar-refractivity contribution in [3.05, 3.63) is 65.9 Å². The van der Waals surface area contributed by atoms with E-state index >= 15 is 0 Å². The van der Waals surface area contributed by atoms with Gasteiger partial charge in [0.05, 0.1) is 31.6 Å². The van der Waals surface area contributed by atoms with Crippen LogP contribution in [0, 0.1) is 11.3 Å². The van der Waals surface area contributed by atoms with Crippen molar-refractivity contribution >= 4 is 11.6 Å². The molecule has 152 valence electrons. The van der Waals surface area contributed by atoms with Gasteiger partial charge in [0.1, 0.15) is 11.8 Å². The van der Waals surface area contributed by atoms with Crippen molar-refractivity contribution in [1.82, 2.24) is 14.9 Å². The molecule has 0 spiro atoms. The molecule has 0 atom stereocenters. The number of hydrogen-bond donors (Lipinski definition) is 1. The highest BCUT2D eigenvalue weighted by molar-refractivity contribution is 5.65. The molecule has 30 heavy (non-hydrogen) atoms. The highest BCUT2D eigenvalue weighted by Gasteiger charge is 2.11. The Labute approximate surface area is 175 Å². The predicted octanol–water partition coefficient (Wildman–Crippen LogP) is 3.60. The van der Waals surface area contributed by atoms with Gasteiger partial charge in [-0.15, -0.1) is 0 Å². The molecule has 4 rings (SSSR count). The SMILES string of the molecule is COc1ccc(-c2ccnc(Nc3ccc(CN4CCOCC4)cc3)n2)cc1C#N. The van der Waals surface area contributed by atoms with Gasteiger partial charge in [0.15, 0.2) is 0 Å². The van der Waals surface area contributed by atoms with E-state index in [1.165, 1.54) is 5.56 Å². The monoisotopic (exact) mass is 401 g/mol. The van der Waals surface area contributed by atoms with Gasteiger partial charge in [-0.25, -0.2) is 9.97 Å². The first-order chi connectivity index (χ1) is 14.7. The number of nitrogens with one attached hydrogen (secondary N) is 1. The van der Waals surface area contributed by atoms with Crippen LogP contribution in [0.15, 0.2) is 54.7 Å². The number of benzene rings is 2. The summed E-state index contributed by atoms with van der Waals surface area (Å²) in [6, 6.07) is 17.7. The lowest BCUT2D eigenvalue weighted by Gasteiger charge is -2.26. The Morgan fingerprint density at radius 2 is 1.93 bits per heavy atom. The molecule has 1 N–H and O–H groups in total. The van der Waals surface area contributed by atoms with E-state index in [-0.39, 0.29) is 0 Å². The zero-order valence-electron chi connectivity index (χ0n) is 16.8. The molecular weight excluding hydrogens is 378 g/mol. The van der Waals surface area contributed by atoms with E-state index in [0.717, 1.165) is 49.8 Å². The number of morpholine rings is 1. The van der Waals surface area contributed by atoms with E-state index in [0.29, 0.717) is 17.3 Å². The molecule has 0 amide bonds. The van der Waals surface area contributed by atoms with Crippen LogP contribution in [0.25, 0.3) is 11.3 Å². The highest BCUT2D eigenvalue weighted by atomic mass is 16.5. The third kappa shape index (κ3) is 4.74. The molecule has 0 radical (unpaired) electrons. The quantitative estimate of drug-likeness (QED) is 0.676. The van der Waals surface area contributed by atoms with Crippen molar-refractivity contribution in [3.63, 3.8) is 0 Å². The minimum atomic E-state index is 0.471. The van der Waals surface area contributed by atoms with Crippen molar-refractivity contribution in [2.45, 2.75) is 6.54 Å². The summed E-state index contributed by atoms with van der Waals surface area (Å²) in [5.41, 5.74) is 4.22. The summed E-state index contributed by atoms with van der Waals surface area (Å²) >= 11 is 0. The van der Waals surface area contributed by atoms with Gasteiger partial charge in [0, 0.05) is 37.1 Å². The van der Waals surface area contributed by atoms with E-state index in [4.69, 9.17) is 9.47 Å². The van der Waals surface area contributed by atoms with Crippen LogP contribution in [0.1, 0.15) is 11.1 Å². The molecule has 1 aliphatic heterocycles. The van der Waals surface area contributed by atoms with E-state index in [1.54, 1.807) is 25.4 Å². The fourth-order valence-electron chi connectivity index (χ4n) is 3.37. The molecule has 0 bridgehead atoms. The minimum absolute atomic E-state index is 0.471. The molecule has 1 saturated heterocycles. The number of rotatable bonds is 6. The average molecular weight is 401 g/mol. The smallest absolute Gasteiger partial charge is 0.227 e. The average Bonchev–Trinajstić information content (AvgIpc) is 2.81. The van der Waals surface area contributed by atoms with Crippen LogP contribution in [0.5, 0.6) is 5.75 Å². The van der Waals surface area contributed by atoms with Crippen LogP contribution in [-0.4, -0.2) is 48.3 Å². The Hall–Kier alpha value is -3.47. The summed E-state index contributed by atoms with van der Waals surface area (Å²) in [7, 11) is 1.55. The molecule has 2 heterocycles. The second-order valence-electron chi connectivity index (χ2n) is 7.00. The standard InChI is InChI=1S/C23H23N5O2/c1-29-22-7-4-18(14-19(22)15-24)21-8-9-25-23(27-21)26-20-5-2-17(3-6-20)16-28-10-12-30-13-11-28/h2-9,14H,10-13,16H2,1H3,(H,25,26,27). The topological polar surface area (TPSA) is 83.3 Å². The molecule has 1 fully saturated rings. The largest absolute Gasteiger partial charge is 0.495 e. The van der Waals surface area contributed by atoms with Gasteiger partial charge in [-0.05, 0) is 42.0 Å². The van der Waals surface area contributed by atoms with Crippen molar-refractivity contribution in [2.24, 2.45) is 0 Å². The lowest BCUT2D eigenvalue weighted by Crippen LogP contribution is -2.35. The lowest BCUT2D eigenvalue weighted by atomic mass is 10.1. The molecule has 7 nitrogen and oxygen atoms in total. The Kier molecular flexibility index (Phi) is 6.18. The maximum absolute atomic E-state index is 9.31.